The number of halogens is 2. The van der Waals surface area contributed by atoms with Gasteiger partial charge >= 0.3 is 0 Å². The van der Waals surface area contributed by atoms with Crippen molar-refractivity contribution in [1.29, 1.82) is 0 Å². The molecule has 0 saturated heterocycles. The third kappa shape index (κ3) is 5.52. The predicted molar refractivity (Wildman–Crippen MR) is 71.0 cm³/mol. The maximum absolute atomic E-state index is 12.8. The zero-order valence-corrected chi connectivity index (χ0v) is 11.4. The van der Waals surface area contributed by atoms with E-state index in [4.69, 9.17) is 9.84 Å². The Morgan fingerprint density at radius 2 is 2.10 bits per heavy atom. The molecule has 0 unspecified atom stereocenters. The quantitative estimate of drug-likeness (QED) is 0.766. The first-order valence-corrected chi connectivity index (χ1v) is 6.44. The van der Waals surface area contributed by atoms with E-state index in [9.17, 15) is 13.6 Å². The SMILES string of the molecule is CCOc1ccccc1CCC(=O)NCC(F)(F)CO. The van der Waals surface area contributed by atoms with E-state index in [2.05, 4.69) is 5.32 Å². The van der Waals surface area contributed by atoms with E-state index < -0.39 is 25.0 Å². The number of benzene rings is 1. The normalized spacial score (nSPS) is 11.2. The lowest BCUT2D eigenvalue weighted by atomic mass is 10.1. The van der Waals surface area contributed by atoms with Crippen LogP contribution in [0.3, 0.4) is 0 Å². The van der Waals surface area contributed by atoms with Crippen LogP contribution in [0.4, 0.5) is 8.78 Å². The molecule has 0 aliphatic heterocycles. The first-order chi connectivity index (χ1) is 9.48. The van der Waals surface area contributed by atoms with Crippen LogP contribution in [0.1, 0.15) is 18.9 Å². The summed E-state index contributed by atoms with van der Waals surface area (Å²) in [6.45, 7) is 0.252. The molecule has 0 aromatic heterocycles. The Bertz CT molecular complexity index is 438. The van der Waals surface area contributed by atoms with Crippen molar-refractivity contribution in [3.05, 3.63) is 29.8 Å². The Balaban J connectivity index is 2.45. The second-order valence-corrected chi connectivity index (χ2v) is 4.33. The minimum atomic E-state index is -3.28. The molecule has 2 N–H and O–H groups in total. The van der Waals surface area contributed by atoms with Crippen molar-refractivity contribution in [3.63, 3.8) is 0 Å². The maximum Gasteiger partial charge on any atom is 0.287 e. The molecule has 0 saturated carbocycles. The van der Waals surface area contributed by atoms with Gasteiger partial charge in [-0.25, -0.2) is 8.78 Å². The highest BCUT2D eigenvalue weighted by Gasteiger charge is 2.27. The fraction of sp³-hybridized carbons (Fsp3) is 0.500. The number of carbonyl (C=O) groups is 1. The van der Waals surface area contributed by atoms with Crippen LogP contribution in [0.15, 0.2) is 24.3 Å². The van der Waals surface area contributed by atoms with Crippen molar-refractivity contribution < 1.29 is 23.4 Å². The summed E-state index contributed by atoms with van der Waals surface area (Å²) in [4.78, 5) is 11.5. The van der Waals surface area contributed by atoms with Gasteiger partial charge in [-0.05, 0) is 25.0 Å². The highest BCUT2D eigenvalue weighted by atomic mass is 19.3. The van der Waals surface area contributed by atoms with E-state index in [0.717, 1.165) is 5.56 Å². The zero-order valence-electron chi connectivity index (χ0n) is 11.4. The van der Waals surface area contributed by atoms with Crippen molar-refractivity contribution in [2.75, 3.05) is 19.8 Å². The molecule has 20 heavy (non-hydrogen) atoms. The molecule has 0 fully saturated rings. The number of hydrogen-bond acceptors (Lipinski definition) is 3. The zero-order chi connectivity index (χ0) is 15.0. The molecule has 1 aromatic carbocycles. The predicted octanol–water partition coefficient (Wildman–Crippen LogP) is 1.76. The van der Waals surface area contributed by atoms with Gasteiger partial charge in [0.25, 0.3) is 5.92 Å². The Labute approximate surface area is 116 Å². The number of alkyl halides is 2. The molecule has 6 heteroatoms. The summed E-state index contributed by atoms with van der Waals surface area (Å²) in [7, 11) is 0. The molecule has 0 atom stereocenters. The monoisotopic (exact) mass is 287 g/mol. The topological polar surface area (TPSA) is 58.6 Å². The van der Waals surface area contributed by atoms with Crippen LogP contribution in [-0.2, 0) is 11.2 Å². The fourth-order valence-electron chi connectivity index (χ4n) is 1.63. The second-order valence-electron chi connectivity index (χ2n) is 4.33. The first-order valence-electron chi connectivity index (χ1n) is 6.44. The van der Waals surface area contributed by atoms with Crippen LogP contribution in [0.5, 0.6) is 5.75 Å². The van der Waals surface area contributed by atoms with Gasteiger partial charge in [-0.15, -0.1) is 0 Å². The fourth-order valence-corrected chi connectivity index (χ4v) is 1.63. The summed E-state index contributed by atoms with van der Waals surface area (Å²) in [5.74, 6) is -3.06. The lowest BCUT2D eigenvalue weighted by Crippen LogP contribution is -2.39. The van der Waals surface area contributed by atoms with Crippen molar-refractivity contribution in [1.82, 2.24) is 5.32 Å². The summed E-state index contributed by atoms with van der Waals surface area (Å²) >= 11 is 0. The molecule has 1 amide bonds. The van der Waals surface area contributed by atoms with Gasteiger partial charge in [-0.2, -0.15) is 0 Å². The molecule has 0 aliphatic carbocycles. The minimum Gasteiger partial charge on any atom is -0.494 e. The van der Waals surface area contributed by atoms with Gasteiger partial charge in [-0.3, -0.25) is 4.79 Å². The molecule has 0 heterocycles. The number of aliphatic hydroxyl groups is 1. The summed E-state index contributed by atoms with van der Waals surface area (Å²) in [5, 5.41) is 10.5. The maximum atomic E-state index is 12.8. The van der Waals surface area contributed by atoms with Crippen LogP contribution >= 0.6 is 0 Å². The van der Waals surface area contributed by atoms with Crippen LogP contribution in [-0.4, -0.2) is 36.7 Å². The number of para-hydroxylation sites is 1. The Morgan fingerprint density at radius 3 is 2.75 bits per heavy atom. The van der Waals surface area contributed by atoms with E-state index in [0.29, 0.717) is 18.8 Å². The van der Waals surface area contributed by atoms with Crippen molar-refractivity contribution in [2.45, 2.75) is 25.7 Å². The summed E-state index contributed by atoms with van der Waals surface area (Å²) in [6.07, 6.45) is 0.498. The van der Waals surface area contributed by atoms with Crippen LogP contribution in [0.25, 0.3) is 0 Å². The van der Waals surface area contributed by atoms with E-state index in [-0.39, 0.29) is 6.42 Å². The first kappa shape index (κ1) is 16.4. The molecule has 4 nitrogen and oxygen atoms in total. The molecule has 1 rings (SSSR count). The number of carbonyl (C=O) groups excluding carboxylic acids is 1. The molecule has 0 radical (unpaired) electrons. The van der Waals surface area contributed by atoms with E-state index in [1.54, 1.807) is 6.07 Å². The highest BCUT2D eigenvalue weighted by molar-refractivity contribution is 5.76. The number of aliphatic hydroxyl groups excluding tert-OH is 1. The van der Waals surface area contributed by atoms with Crippen LogP contribution < -0.4 is 10.1 Å². The summed E-state index contributed by atoms with van der Waals surface area (Å²) in [5.41, 5.74) is 0.860. The van der Waals surface area contributed by atoms with Crippen molar-refractivity contribution in [2.24, 2.45) is 0 Å². The molecular weight excluding hydrogens is 268 g/mol. The van der Waals surface area contributed by atoms with Gasteiger partial charge in [0.05, 0.1) is 13.2 Å². The van der Waals surface area contributed by atoms with Gasteiger partial charge in [0.15, 0.2) is 0 Å². The van der Waals surface area contributed by atoms with Gasteiger partial charge in [0, 0.05) is 6.42 Å². The Hall–Kier alpha value is -1.69. The molecule has 112 valence electrons. The van der Waals surface area contributed by atoms with Gasteiger partial charge in [0.1, 0.15) is 12.4 Å². The van der Waals surface area contributed by atoms with Gasteiger partial charge in [0.2, 0.25) is 5.91 Å². The van der Waals surface area contributed by atoms with E-state index >= 15 is 0 Å². The van der Waals surface area contributed by atoms with Crippen molar-refractivity contribution in [3.8, 4) is 5.75 Å². The smallest absolute Gasteiger partial charge is 0.287 e. The molecule has 0 aliphatic rings. The average molecular weight is 287 g/mol. The van der Waals surface area contributed by atoms with E-state index in [1.165, 1.54) is 0 Å². The lowest BCUT2D eigenvalue weighted by Gasteiger charge is -2.14. The molecule has 0 bridgehead atoms. The Morgan fingerprint density at radius 1 is 1.40 bits per heavy atom. The molecular formula is C14H19F2NO3. The third-order valence-corrected chi connectivity index (χ3v) is 2.67. The number of rotatable bonds is 8. The number of aryl methyl sites for hydroxylation is 1. The van der Waals surface area contributed by atoms with Crippen molar-refractivity contribution >= 4 is 5.91 Å². The van der Waals surface area contributed by atoms with Crippen LogP contribution in [0, 0.1) is 0 Å². The van der Waals surface area contributed by atoms with Crippen LogP contribution in [0.2, 0.25) is 0 Å². The largest absolute Gasteiger partial charge is 0.494 e. The lowest BCUT2D eigenvalue weighted by molar-refractivity contribution is -0.124. The average Bonchev–Trinajstić information content (AvgIpc) is 2.44. The molecule has 0 spiro atoms. The minimum absolute atomic E-state index is 0.0889. The second kappa shape index (κ2) is 7.79. The number of amides is 1. The van der Waals surface area contributed by atoms with Gasteiger partial charge in [-0.1, -0.05) is 18.2 Å². The van der Waals surface area contributed by atoms with E-state index in [1.807, 2.05) is 25.1 Å². The summed E-state index contributed by atoms with van der Waals surface area (Å²) < 4.78 is 30.9. The molecule has 1 aromatic rings. The number of ether oxygens (including phenoxy) is 1. The Kier molecular flexibility index (Phi) is 6.38. The highest BCUT2D eigenvalue weighted by Crippen LogP contribution is 2.19. The number of hydrogen-bond donors (Lipinski definition) is 2. The standard InChI is InChI=1S/C14H19F2NO3/c1-2-20-12-6-4-3-5-11(12)7-8-13(19)17-9-14(15,16)10-18/h3-6,18H,2,7-10H2,1H3,(H,17,19). The van der Waals surface area contributed by atoms with Gasteiger partial charge < -0.3 is 15.2 Å². The summed E-state index contributed by atoms with van der Waals surface area (Å²) in [6, 6.07) is 7.29. The third-order valence-electron chi connectivity index (χ3n) is 2.67. The number of nitrogens with one attached hydrogen (secondary N) is 1.